The number of piperidine rings is 1. The van der Waals surface area contributed by atoms with Crippen LogP contribution >= 0.6 is 0 Å². The van der Waals surface area contributed by atoms with E-state index >= 15 is 0 Å². The molecule has 2 heterocycles. The van der Waals surface area contributed by atoms with Crippen molar-refractivity contribution < 1.29 is 24.0 Å². The van der Waals surface area contributed by atoms with Gasteiger partial charge in [-0.2, -0.15) is 0 Å². The highest BCUT2D eigenvalue weighted by atomic mass is 16.6. The molecule has 2 aliphatic heterocycles. The highest BCUT2D eigenvalue weighted by molar-refractivity contribution is 5.98. The lowest BCUT2D eigenvalue weighted by Crippen LogP contribution is -2.50. The molecule has 9 nitrogen and oxygen atoms in total. The number of likely N-dealkylation sites (tertiary alicyclic amines) is 1. The van der Waals surface area contributed by atoms with Gasteiger partial charge in [-0.15, -0.1) is 0 Å². The van der Waals surface area contributed by atoms with E-state index in [1.165, 1.54) is 25.3 Å². The number of hydrogen-bond acceptors (Lipinski definition) is 6. The maximum atomic E-state index is 12.9. The number of rotatable bonds is 4. The minimum Gasteiger partial charge on any atom is -0.497 e. The number of amides is 2. The zero-order valence-corrected chi connectivity index (χ0v) is 16.4. The van der Waals surface area contributed by atoms with E-state index in [-0.39, 0.29) is 30.0 Å². The first kappa shape index (κ1) is 19.7. The molecule has 156 valence electrons. The fourth-order valence-corrected chi connectivity index (χ4v) is 3.99. The molecule has 4 rings (SSSR count). The first-order valence-electron chi connectivity index (χ1n) is 9.65. The average molecular weight is 411 g/mol. The van der Waals surface area contributed by atoms with Gasteiger partial charge in [0.25, 0.3) is 11.6 Å². The third kappa shape index (κ3) is 3.54. The molecule has 0 bridgehead atoms. The molecule has 1 saturated heterocycles. The standard InChI is InChI=1S/C21H21N3O6/c1-29-16-6-7-17(19(12-16)24(27)28)20(25)22-10-8-15(9-11-22)23-18-5-3-2-4-14(18)13-30-21(23)26/h2-7,12,15H,8-11,13H2,1H3. The molecule has 0 saturated carbocycles. The molecule has 0 radical (unpaired) electrons. The van der Waals surface area contributed by atoms with Crippen LogP contribution in [0.3, 0.4) is 0 Å². The van der Waals surface area contributed by atoms with Crippen molar-refractivity contribution in [1.29, 1.82) is 0 Å². The van der Waals surface area contributed by atoms with Crippen LogP contribution in [-0.4, -0.2) is 48.1 Å². The topological polar surface area (TPSA) is 102 Å². The average Bonchev–Trinajstić information content (AvgIpc) is 2.78. The van der Waals surface area contributed by atoms with Crippen LogP contribution in [0.4, 0.5) is 16.2 Å². The normalized spacial score (nSPS) is 16.6. The predicted molar refractivity (Wildman–Crippen MR) is 108 cm³/mol. The molecule has 0 aromatic heterocycles. The van der Waals surface area contributed by atoms with Crippen LogP contribution in [0.5, 0.6) is 5.75 Å². The summed E-state index contributed by atoms with van der Waals surface area (Å²) in [6.45, 7) is 1.03. The Labute approximate surface area is 172 Å². The molecule has 1 fully saturated rings. The zero-order chi connectivity index (χ0) is 21.3. The van der Waals surface area contributed by atoms with E-state index in [2.05, 4.69) is 0 Å². The molecular formula is C21H21N3O6. The van der Waals surface area contributed by atoms with Crippen LogP contribution < -0.4 is 9.64 Å². The van der Waals surface area contributed by atoms with Crippen LogP contribution in [0.1, 0.15) is 28.8 Å². The number of methoxy groups -OCH3 is 1. The lowest BCUT2D eigenvalue weighted by molar-refractivity contribution is -0.385. The van der Waals surface area contributed by atoms with Crippen molar-refractivity contribution >= 4 is 23.4 Å². The van der Waals surface area contributed by atoms with Gasteiger partial charge in [0.15, 0.2) is 0 Å². The summed E-state index contributed by atoms with van der Waals surface area (Å²) in [5, 5.41) is 11.4. The molecule has 2 aliphatic rings. The molecule has 0 unspecified atom stereocenters. The van der Waals surface area contributed by atoms with Crippen molar-refractivity contribution in [3.8, 4) is 5.75 Å². The van der Waals surface area contributed by atoms with Crippen LogP contribution in [0.15, 0.2) is 42.5 Å². The Morgan fingerprint density at radius 1 is 1.20 bits per heavy atom. The largest absolute Gasteiger partial charge is 0.497 e. The monoisotopic (exact) mass is 411 g/mol. The lowest BCUT2D eigenvalue weighted by atomic mass is 10.00. The quantitative estimate of drug-likeness (QED) is 0.565. The molecule has 0 spiro atoms. The number of nitro groups is 1. The number of carbonyl (C=O) groups is 2. The Kier molecular flexibility index (Phi) is 5.26. The highest BCUT2D eigenvalue weighted by Crippen LogP contribution is 2.33. The van der Waals surface area contributed by atoms with Crippen molar-refractivity contribution in [3.05, 3.63) is 63.7 Å². The van der Waals surface area contributed by atoms with Crippen LogP contribution in [0.25, 0.3) is 0 Å². The van der Waals surface area contributed by atoms with E-state index in [0.29, 0.717) is 31.7 Å². The number of anilines is 1. The first-order chi connectivity index (χ1) is 14.5. The molecule has 30 heavy (non-hydrogen) atoms. The van der Waals surface area contributed by atoms with Gasteiger partial charge in [0, 0.05) is 24.7 Å². The van der Waals surface area contributed by atoms with Gasteiger partial charge < -0.3 is 14.4 Å². The molecule has 2 aromatic carbocycles. The van der Waals surface area contributed by atoms with Crippen LogP contribution in [0.2, 0.25) is 0 Å². The van der Waals surface area contributed by atoms with E-state index in [0.717, 1.165) is 11.3 Å². The smallest absolute Gasteiger partial charge is 0.414 e. The SMILES string of the molecule is COc1ccc(C(=O)N2CCC(N3C(=O)OCc4ccccc43)CC2)c([N+](=O)[O-])c1. The Bertz CT molecular complexity index is 1000. The third-order valence-corrected chi connectivity index (χ3v) is 5.55. The van der Waals surface area contributed by atoms with Crippen LogP contribution in [-0.2, 0) is 11.3 Å². The summed E-state index contributed by atoms with van der Waals surface area (Å²) in [6, 6.07) is 11.7. The number of benzene rings is 2. The summed E-state index contributed by atoms with van der Waals surface area (Å²) in [4.78, 5) is 39.4. The van der Waals surface area contributed by atoms with Gasteiger partial charge in [-0.3, -0.25) is 19.8 Å². The molecule has 2 amide bonds. The Morgan fingerprint density at radius 2 is 1.93 bits per heavy atom. The first-order valence-corrected chi connectivity index (χ1v) is 9.65. The van der Waals surface area contributed by atoms with Gasteiger partial charge in [-0.25, -0.2) is 4.79 Å². The van der Waals surface area contributed by atoms with Crippen molar-refractivity contribution in [3.63, 3.8) is 0 Å². The molecule has 0 aliphatic carbocycles. The van der Waals surface area contributed by atoms with Gasteiger partial charge in [0.1, 0.15) is 17.9 Å². The second kappa shape index (κ2) is 8.02. The number of hydrogen-bond donors (Lipinski definition) is 0. The maximum Gasteiger partial charge on any atom is 0.414 e. The van der Waals surface area contributed by atoms with Gasteiger partial charge in [-0.05, 0) is 31.0 Å². The molecular weight excluding hydrogens is 390 g/mol. The molecule has 0 N–H and O–H groups in total. The summed E-state index contributed by atoms with van der Waals surface area (Å²) in [6.07, 6.45) is 0.724. The zero-order valence-electron chi connectivity index (χ0n) is 16.4. The Hall–Kier alpha value is -3.62. The summed E-state index contributed by atoms with van der Waals surface area (Å²) in [7, 11) is 1.41. The molecule has 9 heteroatoms. The number of nitro benzene ring substituents is 1. The minimum absolute atomic E-state index is 0.0296. The van der Waals surface area contributed by atoms with E-state index in [1.54, 1.807) is 9.80 Å². The van der Waals surface area contributed by atoms with Crippen LogP contribution in [0, 0.1) is 10.1 Å². The number of cyclic esters (lactones) is 1. The number of ether oxygens (including phenoxy) is 2. The third-order valence-electron chi connectivity index (χ3n) is 5.55. The van der Waals surface area contributed by atoms with E-state index in [4.69, 9.17) is 9.47 Å². The summed E-state index contributed by atoms with van der Waals surface area (Å²) < 4.78 is 10.3. The number of carbonyl (C=O) groups excluding carboxylic acids is 2. The fraction of sp³-hybridized carbons (Fsp3) is 0.333. The summed E-state index contributed by atoms with van der Waals surface area (Å²) in [5.74, 6) is -0.0799. The van der Waals surface area contributed by atoms with E-state index in [9.17, 15) is 19.7 Å². The van der Waals surface area contributed by atoms with Gasteiger partial charge in [-0.1, -0.05) is 18.2 Å². The second-order valence-electron chi connectivity index (χ2n) is 7.22. The summed E-state index contributed by atoms with van der Waals surface area (Å²) >= 11 is 0. The lowest BCUT2D eigenvalue weighted by Gasteiger charge is -2.40. The van der Waals surface area contributed by atoms with Crippen molar-refractivity contribution in [1.82, 2.24) is 4.90 Å². The minimum atomic E-state index is -0.580. The Balaban J connectivity index is 1.50. The highest BCUT2D eigenvalue weighted by Gasteiger charge is 2.36. The number of nitrogens with zero attached hydrogens (tertiary/aromatic N) is 3. The van der Waals surface area contributed by atoms with E-state index in [1.807, 2.05) is 24.3 Å². The van der Waals surface area contributed by atoms with Gasteiger partial charge in [0.2, 0.25) is 0 Å². The van der Waals surface area contributed by atoms with Crippen molar-refractivity contribution in [2.45, 2.75) is 25.5 Å². The van der Waals surface area contributed by atoms with Gasteiger partial charge in [0.05, 0.1) is 23.8 Å². The fourth-order valence-electron chi connectivity index (χ4n) is 3.99. The van der Waals surface area contributed by atoms with Crippen molar-refractivity contribution in [2.24, 2.45) is 0 Å². The maximum absolute atomic E-state index is 12.9. The van der Waals surface area contributed by atoms with Gasteiger partial charge >= 0.3 is 6.09 Å². The number of fused-ring (bicyclic) bond motifs is 1. The number of para-hydroxylation sites is 1. The van der Waals surface area contributed by atoms with E-state index < -0.39 is 10.8 Å². The predicted octanol–water partition coefficient (Wildman–Crippen LogP) is 3.36. The second-order valence-corrected chi connectivity index (χ2v) is 7.22. The Morgan fingerprint density at radius 3 is 2.63 bits per heavy atom. The molecule has 2 aromatic rings. The molecule has 0 atom stereocenters. The van der Waals surface area contributed by atoms with Crippen molar-refractivity contribution in [2.75, 3.05) is 25.1 Å². The summed E-state index contributed by atoms with van der Waals surface area (Å²) in [5.41, 5.74) is 1.53.